The zero-order chi connectivity index (χ0) is 37.4. The lowest BCUT2D eigenvalue weighted by Gasteiger charge is -2.38. The summed E-state index contributed by atoms with van der Waals surface area (Å²) < 4.78 is 42.3. The maximum absolute atomic E-state index is 14.4. The first-order valence-electron chi connectivity index (χ1n) is 17.7. The molecule has 3 N–H and O–H groups in total. The summed E-state index contributed by atoms with van der Waals surface area (Å²) in [6.45, 7) is 4.06. The van der Waals surface area contributed by atoms with Gasteiger partial charge in [0.25, 0.3) is 5.91 Å². The van der Waals surface area contributed by atoms with Gasteiger partial charge in [-0.05, 0) is 77.9 Å². The van der Waals surface area contributed by atoms with Crippen molar-refractivity contribution in [3.63, 3.8) is 0 Å². The Labute approximate surface area is 307 Å². The van der Waals surface area contributed by atoms with Crippen LogP contribution in [0.4, 0.5) is 10.2 Å². The van der Waals surface area contributed by atoms with Gasteiger partial charge in [0.05, 0.1) is 23.8 Å². The summed E-state index contributed by atoms with van der Waals surface area (Å²) in [6, 6.07) is 9.61. The van der Waals surface area contributed by atoms with Crippen LogP contribution in [0.1, 0.15) is 61.1 Å². The third-order valence-electron chi connectivity index (χ3n) is 9.87. The quantitative estimate of drug-likeness (QED) is 0.121. The molecule has 0 saturated carbocycles. The van der Waals surface area contributed by atoms with Crippen molar-refractivity contribution in [1.82, 2.24) is 49.7 Å². The molecule has 7 rings (SSSR count). The van der Waals surface area contributed by atoms with Gasteiger partial charge in [-0.1, -0.05) is 18.2 Å². The average Bonchev–Trinajstić information content (AvgIpc) is 3.85. The van der Waals surface area contributed by atoms with Gasteiger partial charge in [0.1, 0.15) is 16.5 Å². The van der Waals surface area contributed by atoms with Crippen molar-refractivity contribution in [2.75, 3.05) is 45.7 Å². The summed E-state index contributed by atoms with van der Waals surface area (Å²) in [6.07, 6.45) is 9.17. The lowest BCUT2D eigenvalue weighted by molar-refractivity contribution is 0.0561. The Morgan fingerprint density at radius 1 is 1.06 bits per heavy atom. The van der Waals surface area contributed by atoms with Crippen molar-refractivity contribution in [3.05, 3.63) is 72.2 Å². The Morgan fingerprint density at radius 2 is 1.81 bits per heavy atom. The molecule has 17 heteroatoms. The van der Waals surface area contributed by atoms with Crippen molar-refractivity contribution < 1.29 is 17.6 Å². The average molecular weight is 743 g/mol. The molecule has 6 heterocycles. The van der Waals surface area contributed by atoms with Gasteiger partial charge in [-0.2, -0.15) is 14.7 Å². The van der Waals surface area contributed by atoms with Gasteiger partial charge < -0.3 is 20.9 Å². The summed E-state index contributed by atoms with van der Waals surface area (Å²) >= 11 is 0. The molecule has 5 aromatic rings. The van der Waals surface area contributed by atoms with Gasteiger partial charge in [-0.3, -0.25) is 9.78 Å². The highest BCUT2D eigenvalue weighted by Crippen LogP contribution is 2.45. The number of amides is 1. The molecule has 4 aromatic heterocycles. The number of hydrogen-bond acceptors (Lipinski definition) is 11. The van der Waals surface area contributed by atoms with Crippen LogP contribution >= 0.6 is 0 Å². The molecule has 2 atom stereocenters. The molecule has 53 heavy (non-hydrogen) atoms. The molecule has 2 aliphatic heterocycles. The summed E-state index contributed by atoms with van der Waals surface area (Å²) in [4.78, 5) is 33.3. The zero-order valence-corrected chi connectivity index (χ0v) is 31.0. The van der Waals surface area contributed by atoms with Crippen molar-refractivity contribution in [2.45, 2.75) is 61.9 Å². The van der Waals surface area contributed by atoms with E-state index >= 15 is 0 Å². The number of benzene rings is 1. The van der Waals surface area contributed by atoms with Crippen LogP contribution in [0.25, 0.3) is 28.0 Å². The van der Waals surface area contributed by atoms with Gasteiger partial charge in [0, 0.05) is 60.2 Å². The Hall–Kier alpha value is -5.29. The van der Waals surface area contributed by atoms with Gasteiger partial charge in [0.2, 0.25) is 5.96 Å². The predicted octanol–water partition coefficient (Wildman–Crippen LogP) is 3.49. The van der Waals surface area contributed by atoms with E-state index in [-0.39, 0.29) is 46.1 Å². The van der Waals surface area contributed by atoms with Crippen LogP contribution in [0.3, 0.4) is 0 Å². The summed E-state index contributed by atoms with van der Waals surface area (Å²) in [5.41, 5.74) is 9.66. The van der Waals surface area contributed by atoms with Crippen LogP contribution in [0.15, 0.2) is 64.9 Å². The number of hydrogen-bond donors (Lipinski definition) is 2. The molecule has 0 spiro atoms. The highest BCUT2D eigenvalue weighted by Gasteiger charge is 2.46. The van der Waals surface area contributed by atoms with E-state index < -0.39 is 9.84 Å². The van der Waals surface area contributed by atoms with Crippen LogP contribution in [-0.2, 0) is 9.84 Å². The molecule has 2 bridgehead atoms. The number of nitrogens with one attached hydrogen (secondary N) is 1. The van der Waals surface area contributed by atoms with Crippen molar-refractivity contribution >= 4 is 33.2 Å². The Balaban J connectivity index is 1.16. The molecule has 2 fully saturated rings. The molecule has 1 amide bonds. The second-order valence-electron chi connectivity index (χ2n) is 13.9. The van der Waals surface area contributed by atoms with E-state index in [2.05, 4.69) is 35.5 Å². The number of nitrogens with two attached hydrogens (primary N) is 1. The van der Waals surface area contributed by atoms with Crippen LogP contribution in [0.5, 0.6) is 0 Å². The number of pyridine rings is 1. The molecular formula is C36H43FN12O3S. The molecule has 2 saturated heterocycles. The topological polar surface area (TPSA) is 182 Å². The second-order valence-corrected chi connectivity index (χ2v) is 15.8. The monoisotopic (exact) mass is 742 g/mol. The molecule has 0 unspecified atom stereocenters. The molecule has 1 aromatic carbocycles. The Kier molecular flexibility index (Phi) is 9.95. The van der Waals surface area contributed by atoms with Gasteiger partial charge >= 0.3 is 0 Å². The van der Waals surface area contributed by atoms with E-state index in [9.17, 15) is 17.6 Å². The van der Waals surface area contributed by atoms with Gasteiger partial charge in [-0.25, -0.2) is 22.8 Å². The number of fused-ring (bicyclic) bond motifs is 3. The van der Waals surface area contributed by atoms with Crippen molar-refractivity contribution in [2.24, 2.45) is 4.99 Å². The van der Waals surface area contributed by atoms with Gasteiger partial charge in [0.15, 0.2) is 21.2 Å². The smallest absolute Gasteiger partial charge is 0.276 e. The SMILES string of the molecule is CCNC(=NCCCN(C)C)n1ncc(C(=O)N2[C@@H]3CC[C@@H]2CC(c2nc4c(-c5ccc(-c6ccccc6F)nc5)cnn4c(N)c2S(C)(=O)=O)C3)n1. The Morgan fingerprint density at radius 3 is 2.47 bits per heavy atom. The standard InChI is InChI=1S/C36H43FN12O3S/c1-5-39-36(40-15-8-16-46(2)3)49-43-21-30(45-49)35(50)47-24-12-13-25(47)18-23(17-24)31-32(53(4,51)52)33(38)48-34(44-31)27(20-42-48)22-11-14-29(41-19-22)26-9-6-7-10-28(26)37/h6-7,9-11,14,19-21,23-25H,5,8,12-13,15-18,38H2,1-4H3,(H,39,40)/t24-,25-/m1/s1. The molecule has 0 aliphatic carbocycles. The highest BCUT2D eigenvalue weighted by molar-refractivity contribution is 7.91. The number of halogens is 1. The number of piperidine rings is 1. The van der Waals surface area contributed by atoms with Gasteiger partial charge in [-0.15, -0.1) is 9.90 Å². The summed E-state index contributed by atoms with van der Waals surface area (Å²) in [5, 5.41) is 16.5. The first-order chi connectivity index (χ1) is 25.4. The van der Waals surface area contributed by atoms with Crippen LogP contribution < -0.4 is 11.1 Å². The van der Waals surface area contributed by atoms with Crippen LogP contribution in [0.2, 0.25) is 0 Å². The predicted molar refractivity (Wildman–Crippen MR) is 199 cm³/mol. The number of carbonyl (C=O) groups excluding carboxylic acids is 1. The van der Waals surface area contributed by atoms with E-state index in [4.69, 9.17) is 10.7 Å². The molecule has 2 aliphatic rings. The highest BCUT2D eigenvalue weighted by atomic mass is 32.2. The van der Waals surface area contributed by atoms with Crippen molar-refractivity contribution in [3.8, 4) is 22.4 Å². The molecule has 0 radical (unpaired) electrons. The van der Waals surface area contributed by atoms with E-state index in [1.54, 1.807) is 42.7 Å². The third kappa shape index (κ3) is 7.10. The molecule has 278 valence electrons. The van der Waals surface area contributed by atoms with Crippen molar-refractivity contribution in [1.29, 1.82) is 0 Å². The fourth-order valence-corrected chi connectivity index (χ4v) is 8.57. The Bertz CT molecular complexity index is 2270. The molecular weight excluding hydrogens is 700 g/mol. The second kappa shape index (κ2) is 14.6. The van der Waals surface area contributed by atoms with Crippen LogP contribution in [0, 0.1) is 5.82 Å². The largest absolute Gasteiger partial charge is 0.382 e. The minimum absolute atomic E-state index is 0.0305. The van der Waals surface area contributed by atoms with E-state index in [1.165, 1.54) is 21.6 Å². The first-order valence-corrected chi connectivity index (χ1v) is 19.6. The number of sulfone groups is 1. The number of carbonyl (C=O) groups is 1. The minimum atomic E-state index is -3.83. The number of nitrogen functional groups attached to an aromatic ring is 1. The number of nitrogens with zero attached hydrogens (tertiary/aromatic N) is 10. The number of aromatic nitrogens is 7. The lowest BCUT2D eigenvalue weighted by Crippen LogP contribution is -2.46. The van der Waals surface area contributed by atoms with E-state index in [0.29, 0.717) is 65.6 Å². The fraction of sp³-hybridized carbons (Fsp3) is 0.417. The lowest BCUT2D eigenvalue weighted by atomic mass is 9.87. The number of rotatable bonds is 10. The number of anilines is 1. The van der Waals surface area contributed by atoms with Crippen LogP contribution in [-0.4, -0.2) is 117 Å². The first kappa shape index (κ1) is 36.1. The minimum Gasteiger partial charge on any atom is -0.382 e. The maximum atomic E-state index is 14.4. The third-order valence-corrected chi connectivity index (χ3v) is 11.0. The zero-order valence-electron chi connectivity index (χ0n) is 30.1. The molecule has 15 nitrogen and oxygen atoms in total. The normalized spacial score (nSPS) is 19.0. The maximum Gasteiger partial charge on any atom is 0.276 e. The summed E-state index contributed by atoms with van der Waals surface area (Å²) in [7, 11) is 0.198. The fourth-order valence-electron chi connectivity index (χ4n) is 7.51. The van der Waals surface area contributed by atoms with E-state index in [1.807, 2.05) is 25.9 Å². The number of aliphatic imine (C=N–C) groups is 1. The van der Waals surface area contributed by atoms with E-state index in [0.717, 1.165) is 32.1 Å². The summed E-state index contributed by atoms with van der Waals surface area (Å²) in [5.74, 6) is -0.435.